The van der Waals surface area contributed by atoms with Gasteiger partial charge in [-0.15, -0.1) is 10.2 Å². The minimum atomic E-state index is -3.63. The van der Waals surface area contributed by atoms with Crippen molar-refractivity contribution in [2.45, 2.75) is 30.0 Å². The van der Waals surface area contributed by atoms with E-state index >= 15 is 0 Å². The smallest absolute Gasteiger partial charge is 0.243 e. The lowest BCUT2D eigenvalue weighted by Gasteiger charge is -2.19. The van der Waals surface area contributed by atoms with Gasteiger partial charge in [0.25, 0.3) is 0 Å². The van der Waals surface area contributed by atoms with Crippen LogP contribution in [0.5, 0.6) is 0 Å². The third-order valence-electron chi connectivity index (χ3n) is 3.39. The van der Waals surface area contributed by atoms with E-state index in [4.69, 9.17) is 11.6 Å². The van der Waals surface area contributed by atoms with Gasteiger partial charge in [-0.2, -0.15) is 4.31 Å². The van der Waals surface area contributed by atoms with Crippen molar-refractivity contribution >= 4 is 56.3 Å². The van der Waals surface area contributed by atoms with E-state index in [1.807, 2.05) is 6.92 Å². The van der Waals surface area contributed by atoms with Crippen LogP contribution in [-0.2, 0) is 14.8 Å². The first-order valence-corrected chi connectivity index (χ1v) is 11.4. The summed E-state index contributed by atoms with van der Waals surface area (Å²) in [4.78, 5) is 12.2. The van der Waals surface area contributed by atoms with Gasteiger partial charge >= 0.3 is 0 Å². The summed E-state index contributed by atoms with van der Waals surface area (Å²) >= 11 is 8.77. The molecule has 1 aromatic heterocycles. The summed E-state index contributed by atoms with van der Waals surface area (Å²) in [6.07, 6.45) is 0. The summed E-state index contributed by atoms with van der Waals surface area (Å²) in [7, 11) is -3.63. The van der Waals surface area contributed by atoms with E-state index in [9.17, 15) is 13.2 Å². The van der Waals surface area contributed by atoms with Crippen LogP contribution in [0.15, 0.2) is 27.4 Å². The van der Waals surface area contributed by atoms with Crippen molar-refractivity contribution in [1.82, 2.24) is 14.5 Å². The molecule has 1 amide bonds. The number of hydrogen-bond acceptors (Lipinski definition) is 7. The molecule has 1 aromatic carbocycles. The number of nitrogens with zero attached hydrogens (tertiary/aromatic N) is 3. The van der Waals surface area contributed by atoms with Crippen LogP contribution in [0, 0.1) is 6.92 Å². The number of hydrogen-bond donors (Lipinski definition) is 1. The molecule has 0 aliphatic carbocycles. The number of nitrogens with one attached hydrogen (secondary N) is 1. The Balaban J connectivity index is 2.13. The van der Waals surface area contributed by atoms with E-state index in [2.05, 4.69) is 15.5 Å². The Morgan fingerprint density at radius 1 is 1.31 bits per heavy atom. The van der Waals surface area contributed by atoms with Gasteiger partial charge in [-0.05, 0) is 25.1 Å². The normalized spacial score (nSPS) is 11.7. The number of amides is 1. The summed E-state index contributed by atoms with van der Waals surface area (Å²) in [6, 6.07) is 4.28. The number of aryl methyl sites for hydroxylation is 1. The number of anilines is 1. The second-order valence-corrected chi connectivity index (χ2v) is 9.90. The zero-order valence-corrected chi connectivity index (χ0v) is 17.7. The van der Waals surface area contributed by atoms with Gasteiger partial charge in [0, 0.05) is 13.1 Å². The minimum absolute atomic E-state index is 0.0910. The fraction of sp³-hybridized carbons (Fsp3) is 0.400. The van der Waals surface area contributed by atoms with Crippen molar-refractivity contribution in [3.8, 4) is 0 Å². The second-order valence-electron chi connectivity index (χ2n) is 5.15. The van der Waals surface area contributed by atoms with Crippen molar-refractivity contribution in [2.75, 3.05) is 24.2 Å². The van der Waals surface area contributed by atoms with Crippen LogP contribution in [-0.4, -0.2) is 47.7 Å². The Bertz CT molecular complexity index is 882. The Hall–Kier alpha value is -1.20. The first-order valence-electron chi connectivity index (χ1n) is 7.80. The Labute approximate surface area is 166 Å². The number of carbonyl (C=O) groups excluding carboxylic acids is 1. The molecule has 142 valence electrons. The number of carbonyl (C=O) groups is 1. The molecule has 11 heteroatoms. The topological polar surface area (TPSA) is 92.3 Å². The van der Waals surface area contributed by atoms with Gasteiger partial charge in [-0.1, -0.05) is 48.5 Å². The van der Waals surface area contributed by atoms with Crippen LogP contribution in [0.2, 0.25) is 5.02 Å². The molecule has 2 rings (SSSR count). The van der Waals surface area contributed by atoms with Gasteiger partial charge in [0.15, 0.2) is 4.34 Å². The van der Waals surface area contributed by atoms with Gasteiger partial charge in [0.05, 0.1) is 21.4 Å². The van der Waals surface area contributed by atoms with Gasteiger partial charge in [-0.25, -0.2) is 8.42 Å². The highest BCUT2D eigenvalue weighted by molar-refractivity contribution is 8.01. The van der Waals surface area contributed by atoms with Crippen LogP contribution < -0.4 is 5.32 Å². The summed E-state index contributed by atoms with van der Waals surface area (Å²) in [5.74, 6) is -0.181. The second kappa shape index (κ2) is 9.14. The molecular formula is C15H19ClN4O3S3. The predicted octanol–water partition coefficient (Wildman–Crippen LogP) is 3.26. The van der Waals surface area contributed by atoms with Crippen molar-refractivity contribution in [3.05, 3.63) is 28.2 Å². The quantitative estimate of drug-likeness (QED) is 0.641. The molecule has 0 spiro atoms. The number of thioether (sulfide) groups is 1. The molecule has 0 unspecified atom stereocenters. The van der Waals surface area contributed by atoms with Gasteiger partial charge in [-0.3, -0.25) is 4.79 Å². The van der Waals surface area contributed by atoms with E-state index in [0.29, 0.717) is 17.4 Å². The third-order valence-corrected chi connectivity index (χ3v) is 7.74. The molecule has 0 saturated heterocycles. The van der Waals surface area contributed by atoms with Gasteiger partial charge in [0.1, 0.15) is 5.01 Å². The Morgan fingerprint density at radius 3 is 2.58 bits per heavy atom. The maximum absolute atomic E-state index is 12.6. The average molecular weight is 435 g/mol. The lowest BCUT2D eigenvalue weighted by molar-refractivity contribution is -0.113. The number of benzene rings is 1. The average Bonchev–Trinajstić information content (AvgIpc) is 3.01. The summed E-state index contributed by atoms with van der Waals surface area (Å²) in [5, 5.41) is 11.6. The molecule has 2 aromatic rings. The molecular weight excluding hydrogens is 416 g/mol. The van der Waals surface area contributed by atoms with Crippen LogP contribution in [0.4, 0.5) is 5.69 Å². The van der Waals surface area contributed by atoms with Crippen molar-refractivity contribution in [3.63, 3.8) is 0 Å². The summed E-state index contributed by atoms with van der Waals surface area (Å²) < 4.78 is 27.3. The molecule has 0 aliphatic heterocycles. The molecule has 1 N–H and O–H groups in total. The highest BCUT2D eigenvalue weighted by atomic mass is 35.5. The Kier molecular flexibility index (Phi) is 7.42. The first-order chi connectivity index (χ1) is 12.3. The maximum atomic E-state index is 12.6. The Morgan fingerprint density at radius 2 is 2.00 bits per heavy atom. The fourth-order valence-corrected chi connectivity index (χ4v) is 5.39. The van der Waals surface area contributed by atoms with Crippen molar-refractivity contribution in [1.29, 1.82) is 0 Å². The van der Waals surface area contributed by atoms with E-state index in [1.165, 1.54) is 45.6 Å². The molecule has 0 aliphatic rings. The number of sulfonamides is 1. The largest absolute Gasteiger partial charge is 0.324 e. The van der Waals surface area contributed by atoms with Gasteiger partial charge < -0.3 is 5.32 Å². The van der Waals surface area contributed by atoms with E-state index in [0.717, 1.165) is 5.01 Å². The lowest BCUT2D eigenvalue weighted by Crippen LogP contribution is -2.30. The number of aromatic nitrogens is 2. The monoisotopic (exact) mass is 434 g/mol. The number of halogens is 1. The third kappa shape index (κ3) is 5.17. The highest BCUT2D eigenvalue weighted by Crippen LogP contribution is 2.28. The molecule has 26 heavy (non-hydrogen) atoms. The fourth-order valence-electron chi connectivity index (χ4n) is 2.12. The summed E-state index contributed by atoms with van der Waals surface area (Å²) in [6.45, 7) is 6.10. The van der Waals surface area contributed by atoms with Crippen LogP contribution in [0.25, 0.3) is 0 Å². The molecule has 7 nitrogen and oxygen atoms in total. The SMILES string of the molecule is CCN(CC)S(=O)(=O)c1ccc(Cl)c(NC(=O)CSc2nnc(C)s2)c1. The van der Waals surface area contributed by atoms with Crippen LogP contribution in [0.1, 0.15) is 18.9 Å². The van der Waals surface area contributed by atoms with E-state index in [1.54, 1.807) is 13.8 Å². The molecule has 0 saturated carbocycles. The molecule has 0 bridgehead atoms. The summed E-state index contributed by atoms with van der Waals surface area (Å²) in [5.41, 5.74) is 0.263. The highest BCUT2D eigenvalue weighted by Gasteiger charge is 2.22. The van der Waals surface area contributed by atoms with Gasteiger partial charge in [0.2, 0.25) is 15.9 Å². The zero-order valence-electron chi connectivity index (χ0n) is 14.5. The molecule has 0 atom stereocenters. The number of rotatable bonds is 8. The molecule has 0 fully saturated rings. The standard InChI is InChI=1S/C15H19ClN4O3S3/c1-4-20(5-2)26(22,23)11-6-7-12(16)13(8-11)17-14(21)9-24-15-19-18-10(3)25-15/h6-8H,4-5,9H2,1-3H3,(H,17,21). The molecule has 1 heterocycles. The van der Waals surface area contributed by atoms with Crippen molar-refractivity contribution in [2.24, 2.45) is 0 Å². The molecule has 0 radical (unpaired) electrons. The lowest BCUT2D eigenvalue weighted by atomic mass is 10.3. The van der Waals surface area contributed by atoms with E-state index < -0.39 is 10.0 Å². The first kappa shape index (κ1) is 21.1. The van der Waals surface area contributed by atoms with E-state index in [-0.39, 0.29) is 27.3 Å². The minimum Gasteiger partial charge on any atom is -0.324 e. The van der Waals surface area contributed by atoms with Crippen LogP contribution in [0.3, 0.4) is 0 Å². The van der Waals surface area contributed by atoms with Crippen LogP contribution >= 0.6 is 34.7 Å². The zero-order chi connectivity index (χ0) is 19.3. The predicted molar refractivity (Wildman–Crippen MR) is 106 cm³/mol. The maximum Gasteiger partial charge on any atom is 0.243 e. The van der Waals surface area contributed by atoms with Crippen molar-refractivity contribution < 1.29 is 13.2 Å².